The Morgan fingerprint density at radius 2 is 2.00 bits per heavy atom. The summed E-state index contributed by atoms with van der Waals surface area (Å²) in [7, 11) is 1.71. The van der Waals surface area contributed by atoms with Crippen molar-refractivity contribution in [3.05, 3.63) is 33.9 Å². The lowest BCUT2D eigenvalue weighted by Crippen LogP contribution is -1.99. The summed E-state index contributed by atoms with van der Waals surface area (Å²) in [6.07, 6.45) is 0.694. The molecule has 5 heteroatoms. The first-order chi connectivity index (χ1) is 8.08. The van der Waals surface area contributed by atoms with Crippen molar-refractivity contribution in [1.29, 1.82) is 0 Å². The molecule has 0 radical (unpaired) electrons. The molecular formula is C12H11BrF2N2. The van der Waals surface area contributed by atoms with Crippen LogP contribution in [0.3, 0.4) is 0 Å². The van der Waals surface area contributed by atoms with Crippen LogP contribution in [0.5, 0.6) is 0 Å². The molecule has 0 fully saturated rings. The van der Waals surface area contributed by atoms with Crippen LogP contribution in [0.2, 0.25) is 0 Å². The van der Waals surface area contributed by atoms with Gasteiger partial charge in [0.15, 0.2) is 5.82 Å². The molecule has 2 aromatic rings. The zero-order valence-electron chi connectivity index (χ0n) is 9.44. The fraction of sp³-hybridized carbons (Fsp3) is 0.250. The molecule has 0 amide bonds. The number of nitrogens with zero attached hydrogens (tertiary/aromatic N) is 1. The highest BCUT2D eigenvalue weighted by atomic mass is 79.9. The van der Waals surface area contributed by atoms with Crippen LogP contribution >= 0.6 is 15.9 Å². The summed E-state index contributed by atoms with van der Waals surface area (Å²) >= 11 is 3.13. The van der Waals surface area contributed by atoms with Crippen LogP contribution in [0.4, 0.5) is 14.5 Å². The summed E-state index contributed by atoms with van der Waals surface area (Å²) in [4.78, 5) is 4.19. The Morgan fingerprint density at radius 1 is 1.29 bits per heavy atom. The Hall–Kier alpha value is -1.23. The highest BCUT2D eigenvalue weighted by Gasteiger charge is 2.15. The fourth-order valence-corrected chi connectivity index (χ4v) is 2.25. The second kappa shape index (κ2) is 4.56. The van der Waals surface area contributed by atoms with E-state index in [1.807, 2.05) is 6.92 Å². The van der Waals surface area contributed by atoms with E-state index in [9.17, 15) is 8.78 Å². The van der Waals surface area contributed by atoms with Gasteiger partial charge in [0.25, 0.3) is 0 Å². The van der Waals surface area contributed by atoms with Crippen molar-refractivity contribution in [3.8, 4) is 0 Å². The lowest BCUT2D eigenvalue weighted by Gasteiger charge is -2.11. The molecule has 90 valence electrons. The number of rotatable bonds is 2. The molecule has 0 unspecified atom stereocenters. The van der Waals surface area contributed by atoms with Crippen LogP contribution in [0.25, 0.3) is 10.9 Å². The minimum Gasteiger partial charge on any atom is -0.387 e. The number of anilines is 1. The summed E-state index contributed by atoms with van der Waals surface area (Å²) in [5.74, 6) is -1.27. The van der Waals surface area contributed by atoms with Gasteiger partial charge in [-0.25, -0.2) is 13.8 Å². The molecule has 17 heavy (non-hydrogen) atoms. The average Bonchev–Trinajstić information content (AvgIpc) is 2.34. The van der Waals surface area contributed by atoms with Gasteiger partial charge in [0, 0.05) is 29.9 Å². The quantitative estimate of drug-likeness (QED) is 0.852. The third-order valence-corrected chi connectivity index (χ3v) is 3.39. The lowest BCUT2D eigenvalue weighted by atomic mass is 10.1. The number of hydrogen-bond donors (Lipinski definition) is 1. The zero-order valence-corrected chi connectivity index (χ0v) is 11.0. The third-order valence-electron chi connectivity index (χ3n) is 2.61. The van der Waals surface area contributed by atoms with E-state index in [2.05, 4.69) is 26.2 Å². The minimum absolute atomic E-state index is 0.182. The van der Waals surface area contributed by atoms with Crippen LogP contribution in [0.1, 0.15) is 12.6 Å². The van der Waals surface area contributed by atoms with Gasteiger partial charge in [0.1, 0.15) is 11.3 Å². The predicted octanol–water partition coefficient (Wildman–Crippen LogP) is 3.88. The van der Waals surface area contributed by atoms with Gasteiger partial charge in [-0.2, -0.15) is 0 Å². The van der Waals surface area contributed by atoms with Crippen molar-refractivity contribution in [2.75, 3.05) is 12.4 Å². The summed E-state index contributed by atoms with van der Waals surface area (Å²) in [6.45, 7) is 1.93. The van der Waals surface area contributed by atoms with E-state index < -0.39 is 11.6 Å². The topological polar surface area (TPSA) is 24.9 Å². The van der Waals surface area contributed by atoms with Crippen molar-refractivity contribution < 1.29 is 8.78 Å². The molecule has 1 aromatic carbocycles. The SMILES string of the molecule is CCc1cc(NC)c2c(Br)c(F)cc(F)c2n1. The van der Waals surface area contributed by atoms with Crippen molar-refractivity contribution in [1.82, 2.24) is 4.98 Å². The maximum Gasteiger partial charge on any atom is 0.152 e. The summed E-state index contributed by atoms with van der Waals surface area (Å²) in [5.41, 5.74) is 1.61. The molecule has 0 bridgehead atoms. The van der Waals surface area contributed by atoms with Crippen molar-refractivity contribution in [2.45, 2.75) is 13.3 Å². The van der Waals surface area contributed by atoms with Crippen molar-refractivity contribution in [2.24, 2.45) is 0 Å². The fourth-order valence-electron chi connectivity index (χ4n) is 1.73. The van der Waals surface area contributed by atoms with Crippen LogP contribution in [0, 0.1) is 11.6 Å². The molecule has 0 saturated heterocycles. The summed E-state index contributed by atoms with van der Waals surface area (Å²) in [6, 6.07) is 2.64. The van der Waals surface area contributed by atoms with Gasteiger partial charge in [0.05, 0.1) is 4.47 Å². The number of benzene rings is 1. The van der Waals surface area contributed by atoms with Gasteiger partial charge < -0.3 is 5.32 Å². The number of aryl methyl sites for hydroxylation is 1. The summed E-state index contributed by atoms with van der Waals surface area (Å²) < 4.78 is 27.4. The van der Waals surface area contributed by atoms with Gasteiger partial charge in [-0.05, 0) is 28.4 Å². The molecule has 0 aliphatic carbocycles. The van der Waals surface area contributed by atoms with Crippen LogP contribution in [-0.4, -0.2) is 12.0 Å². The Bertz CT molecular complexity index is 584. The first-order valence-corrected chi connectivity index (χ1v) is 6.02. The standard InChI is InChI=1S/C12H11BrF2N2/c1-3-6-4-9(16-2)10-11(13)7(14)5-8(15)12(10)17-6/h4-5H,3H2,1-2H3,(H,16,17). The largest absolute Gasteiger partial charge is 0.387 e. The Labute approximate surface area is 106 Å². The van der Waals surface area contributed by atoms with E-state index in [1.54, 1.807) is 13.1 Å². The molecular weight excluding hydrogens is 290 g/mol. The van der Waals surface area contributed by atoms with Crippen LogP contribution < -0.4 is 5.32 Å². The smallest absolute Gasteiger partial charge is 0.152 e. The van der Waals surface area contributed by atoms with E-state index in [4.69, 9.17) is 0 Å². The molecule has 1 heterocycles. The normalized spacial score (nSPS) is 10.9. The van der Waals surface area contributed by atoms with Gasteiger partial charge >= 0.3 is 0 Å². The van der Waals surface area contributed by atoms with Crippen LogP contribution in [0.15, 0.2) is 16.6 Å². The number of fused-ring (bicyclic) bond motifs is 1. The highest BCUT2D eigenvalue weighted by molar-refractivity contribution is 9.10. The van der Waals surface area contributed by atoms with Gasteiger partial charge in [-0.1, -0.05) is 6.92 Å². The van der Waals surface area contributed by atoms with E-state index in [0.717, 1.165) is 11.8 Å². The minimum atomic E-state index is -0.646. The Balaban J connectivity index is 2.93. The van der Waals surface area contributed by atoms with E-state index in [-0.39, 0.29) is 9.99 Å². The van der Waals surface area contributed by atoms with E-state index >= 15 is 0 Å². The van der Waals surface area contributed by atoms with Gasteiger partial charge in [-0.3, -0.25) is 0 Å². The molecule has 1 aromatic heterocycles. The number of nitrogens with one attached hydrogen (secondary N) is 1. The summed E-state index contributed by atoms with van der Waals surface area (Å²) in [5, 5.41) is 3.37. The first kappa shape index (κ1) is 12.2. The van der Waals surface area contributed by atoms with E-state index in [0.29, 0.717) is 17.5 Å². The Morgan fingerprint density at radius 3 is 2.59 bits per heavy atom. The van der Waals surface area contributed by atoms with Crippen molar-refractivity contribution in [3.63, 3.8) is 0 Å². The zero-order chi connectivity index (χ0) is 12.6. The lowest BCUT2D eigenvalue weighted by molar-refractivity contribution is 0.586. The van der Waals surface area contributed by atoms with E-state index in [1.165, 1.54) is 0 Å². The van der Waals surface area contributed by atoms with Gasteiger partial charge in [0.2, 0.25) is 0 Å². The number of halogens is 3. The van der Waals surface area contributed by atoms with Crippen molar-refractivity contribution >= 4 is 32.5 Å². The van der Waals surface area contributed by atoms with Crippen LogP contribution in [-0.2, 0) is 6.42 Å². The number of aromatic nitrogens is 1. The van der Waals surface area contributed by atoms with Gasteiger partial charge in [-0.15, -0.1) is 0 Å². The molecule has 0 spiro atoms. The average molecular weight is 301 g/mol. The molecule has 0 aliphatic heterocycles. The number of pyridine rings is 1. The second-order valence-corrected chi connectivity index (χ2v) is 4.44. The second-order valence-electron chi connectivity index (χ2n) is 3.64. The monoisotopic (exact) mass is 300 g/mol. The third kappa shape index (κ3) is 1.99. The molecule has 2 rings (SSSR count). The first-order valence-electron chi connectivity index (χ1n) is 5.23. The number of hydrogen-bond acceptors (Lipinski definition) is 2. The molecule has 0 atom stereocenters. The maximum atomic E-state index is 13.7. The maximum absolute atomic E-state index is 13.7. The Kier molecular flexibility index (Phi) is 3.28. The molecule has 0 aliphatic rings. The molecule has 2 nitrogen and oxygen atoms in total. The molecule has 1 N–H and O–H groups in total. The predicted molar refractivity (Wildman–Crippen MR) is 68.3 cm³/mol. The molecule has 0 saturated carbocycles. The highest BCUT2D eigenvalue weighted by Crippen LogP contribution is 2.34.